The van der Waals surface area contributed by atoms with Gasteiger partial charge in [-0.25, -0.2) is 0 Å². The quantitative estimate of drug-likeness (QED) is 0.611. The molecule has 1 heterocycles. The zero-order valence-corrected chi connectivity index (χ0v) is 12.1. The molecule has 4 heteroatoms. The monoisotopic (exact) mass is 290 g/mol. The first kappa shape index (κ1) is 12.8. The molecule has 2 aromatic carbocycles. The molecule has 0 atom stereocenters. The Bertz CT molecular complexity index is 880. The summed E-state index contributed by atoms with van der Waals surface area (Å²) >= 11 is 0. The van der Waals surface area contributed by atoms with Gasteiger partial charge in [0.1, 0.15) is 0 Å². The summed E-state index contributed by atoms with van der Waals surface area (Å²) in [6.45, 7) is 1.78. The van der Waals surface area contributed by atoms with E-state index in [1.807, 2.05) is 18.2 Å². The molecule has 1 aliphatic rings. The van der Waals surface area contributed by atoms with E-state index in [0.717, 1.165) is 12.1 Å². The van der Waals surface area contributed by atoms with Crippen LogP contribution in [0.2, 0.25) is 0 Å². The van der Waals surface area contributed by atoms with Crippen LogP contribution in [-0.2, 0) is 6.42 Å². The maximum Gasteiger partial charge on any atom is 0.294 e. The van der Waals surface area contributed by atoms with E-state index in [1.165, 1.54) is 22.3 Å². The molecule has 0 unspecified atom stereocenters. The lowest BCUT2D eigenvalue weighted by Gasteiger charge is -2.06. The molecule has 1 N–H and O–H groups in total. The van der Waals surface area contributed by atoms with E-state index in [1.54, 1.807) is 13.0 Å². The predicted molar refractivity (Wildman–Crippen MR) is 83.9 cm³/mol. The highest BCUT2D eigenvalue weighted by Crippen LogP contribution is 2.37. The second kappa shape index (κ2) is 4.84. The number of aryl methyl sites for hydroxylation is 1. The first-order valence-electron chi connectivity index (χ1n) is 7.16. The average Bonchev–Trinajstić information content (AvgIpc) is 3.11. The summed E-state index contributed by atoms with van der Waals surface area (Å²) in [5, 5.41) is 6.59. The minimum absolute atomic E-state index is 0.221. The van der Waals surface area contributed by atoms with Crippen LogP contribution in [0.15, 0.2) is 53.1 Å². The average molecular weight is 290 g/mol. The summed E-state index contributed by atoms with van der Waals surface area (Å²) in [5.41, 5.74) is 6.48. The minimum Gasteiger partial charge on any atom is -0.351 e. The first-order valence-corrected chi connectivity index (χ1v) is 7.16. The summed E-state index contributed by atoms with van der Waals surface area (Å²) in [6.07, 6.45) is 0.945. The van der Waals surface area contributed by atoms with E-state index in [0.29, 0.717) is 5.69 Å². The highest BCUT2D eigenvalue weighted by molar-refractivity contribution is 6.02. The molecule has 4 nitrogen and oxygen atoms in total. The largest absolute Gasteiger partial charge is 0.351 e. The Kier molecular flexibility index (Phi) is 2.82. The smallest absolute Gasteiger partial charge is 0.294 e. The van der Waals surface area contributed by atoms with E-state index in [-0.39, 0.29) is 11.7 Å². The molecule has 0 spiro atoms. The SMILES string of the molecule is Cc1cc(C(=O)Nc2ccc3c(c2)-c2ccccc2C3)on1. The third-order valence-corrected chi connectivity index (χ3v) is 3.91. The highest BCUT2D eigenvalue weighted by atomic mass is 16.5. The number of anilines is 1. The van der Waals surface area contributed by atoms with Crippen LogP contribution < -0.4 is 5.32 Å². The van der Waals surface area contributed by atoms with Crippen molar-refractivity contribution < 1.29 is 9.32 Å². The fourth-order valence-electron chi connectivity index (χ4n) is 2.86. The first-order chi connectivity index (χ1) is 10.7. The van der Waals surface area contributed by atoms with Crippen LogP contribution >= 0.6 is 0 Å². The molecule has 0 radical (unpaired) electrons. The molecule has 108 valence electrons. The van der Waals surface area contributed by atoms with Crippen LogP contribution in [0, 0.1) is 6.92 Å². The molecule has 0 saturated carbocycles. The van der Waals surface area contributed by atoms with Gasteiger partial charge in [-0.05, 0) is 47.7 Å². The lowest BCUT2D eigenvalue weighted by Crippen LogP contribution is -2.10. The summed E-state index contributed by atoms with van der Waals surface area (Å²) in [4.78, 5) is 12.1. The van der Waals surface area contributed by atoms with E-state index in [9.17, 15) is 4.79 Å². The number of hydrogen-bond donors (Lipinski definition) is 1. The Balaban J connectivity index is 1.64. The van der Waals surface area contributed by atoms with Crippen molar-refractivity contribution in [3.8, 4) is 11.1 Å². The number of hydrogen-bond acceptors (Lipinski definition) is 3. The van der Waals surface area contributed by atoms with Crippen molar-refractivity contribution in [2.45, 2.75) is 13.3 Å². The van der Waals surface area contributed by atoms with Crippen molar-refractivity contribution in [2.75, 3.05) is 5.32 Å². The predicted octanol–water partition coefficient (Wildman–Crippen LogP) is 3.81. The summed E-state index contributed by atoms with van der Waals surface area (Å²) < 4.78 is 4.99. The zero-order chi connectivity index (χ0) is 15.1. The number of rotatable bonds is 2. The van der Waals surface area contributed by atoms with Gasteiger partial charge in [0.05, 0.1) is 5.69 Å². The molecule has 0 fully saturated rings. The molecular weight excluding hydrogens is 276 g/mol. The van der Waals surface area contributed by atoms with Crippen LogP contribution in [0.3, 0.4) is 0 Å². The summed E-state index contributed by atoms with van der Waals surface area (Å²) in [6, 6.07) is 16.0. The molecule has 0 aliphatic heterocycles. The molecule has 4 rings (SSSR count). The van der Waals surface area contributed by atoms with Crippen molar-refractivity contribution in [3.05, 3.63) is 71.1 Å². The lowest BCUT2D eigenvalue weighted by atomic mass is 10.1. The molecule has 0 bridgehead atoms. The molecule has 1 aromatic heterocycles. The second-order valence-corrected chi connectivity index (χ2v) is 5.49. The van der Waals surface area contributed by atoms with Gasteiger partial charge in [-0.15, -0.1) is 0 Å². The Morgan fingerprint density at radius 2 is 1.91 bits per heavy atom. The third kappa shape index (κ3) is 2.09. The normalized spacial score (nSPS) is 11.9. The molecular formula is C18H14N2O2. The van der Waals surface area contributed by atoms with Crippen molar-refractivity contribution >= 4 is 11.6 Å². The summed E-state index contributed by atoms with van der Waals surface area (Å²) in [7, 11) is 0. The number of nitrogens with one attached hydrogen (secondary N) is 1. The van der Waals surface area contributed by atoms with E-state index >= 15 is 0 Å². The van der Waals surface area contributed by atoms with Gasteiger partial charge in [0.2, 0.25) is 5.76 Å². The zero-order valence-electron chi connectivity index (χ0n) is 12.1. The van der Waals surface area contributed by atoms with E-state index in [2.05, 4.69) is 34.7 Å². The number of carbonyl (C=O) groups excluding carboxylic acids is 1. The van der Waals surface area contributed by atoms with Gasteiger partial charge >= 0.3 is 0 Å². The van der Waals surface area contributed by atoms with Crippen LogP contribution in [0.25, 0.3) is 11.1 Å². The highest BCUT2D eigenvalue weighted by Gasteiger charge is 2.19. The van der Waals surface area contributed by atoms with Crippen LogP contribution in [0.5, 0.6) is 0 Å². The molecule has 22 heavy (non-hydrogen) atoms. The topological polar surface area (TPSA) is 55.1 Å². The number of amides is 1. The van der Waals surface area contributed by atoms with Gasteiger partial charge < -0.3 is 9.84 Å². The maximum atomic E-state index is 12.1. The number of fused-ring (bicyclic) bond motifs is 3. The van der Waals surface area contributed by atoms with Gasteiger partial charge in [-0.1, -0.05) is 35.5 Å². The number of carbonyl (C=O) groups is 1. The molecule has 0 saturated heterocycles. The Morgan fingerprint density at radius 3 is 2.73 bits per heavy atom. The van der Waals surface area contributed by atoms with E-state index < -0.39 is 0 Å². The molecule has 1 aliphatic carbocycles. The molecule has 3 aromatic rings. The number of nitrogens with zero attached hydrogens (tertiary/aromatic N) is 1. The minimum atomic E-state index is -0.285. The Labute approximate surface area is 127 Å². The van der Waals surface area contributed by atoms with Crippen LogP contribution in [0.4, 0.5) is 5.69 Å². The van der Waals surface area contributed by atoms with Gasteiger partial charge in [-0.3, -0.25) is 4.79 Å². The van der Waals surface area contributed by atoms with Crippen molar-refractivity contribution in [2.24, 2.45) is 0 Å². The number of benzene rings is 2. The second-order valence-electron chi connectivity index (χ2n) is 5.49. The third-order valence-electron chi connectivity index (χ3n) is 3.91. The Hall–Kier alpha value is -2.88. The van der Waals surface area contributed by atoms with Gasteiger partial charge in [0.15, 0.2) is 0 Å². The fourth-order valence-corrected chi connectivity index (χ4v) is 2.86. The van der Waals surface area contributed by atoms with Gasteiger partial charge in [0.25, 0.3) is 5.91 Å². The van der Waals surface area contributed by atoms with Crippen LogP contribution in [-0.4, -0.2) is 11.1 Å². The van der Waals surface area contributed by atoms with Crippen LogP contribution in [0.1, 0.15) is 27.4 Å². The Morgan fingerprint density at radius 1 is 1.09 bits per heavy atom. The van der Waals surface area contributed by atoms with E-state index in [4.69, 9.17) is 4.52 Å². The lowest BCUT2D eigenvalue weighted by molar-refractivity contribution is 0.0988. The van der Waals surface area contributed by atoms with Crippen molar-refractivity contribution in [1.29, 1.82) is 0 Å². The standard InChI is InChI=1S/C18H14N2O2/c1-11-8-17(22-20-11)18(21)19-14-7-6-13-9-12-4-2-3-5-15(12)16(13)10-14/h2-8,10H,9H2,1H3,(H,19,21). The number of aromatic nitrogens is 1. The van der Waals surface area contributed by atoms with Gasteiger partial charge in [-0.2, -0.15) is 0 Å². The van der Waals surface area contributed by atoms with Crippen molar-refractivity contribution in [1.82, 2.24) is 5.16 Å². The summed E-state index contributed by atoms with van der Waals surface area (Å²) in [5.74, 6) is -0.0646. The fraction of sp³-hybridized carbons (Fsp3) is 0.111. The van der Waals surface area contributed by atoms with Gasteiger partial charge in [0, 0.05) is 11.8 Å². The molecule has 1 amide bonds. The maximum absolute atomic E-state index is 12.1. The van der Waals surface area contributed by atoms with Crippen molar-refractivity contribution in [3.63, 3.8) is 0 Å².